The van der Waals surface area contributed by atoms with E-state index in [0.717, 1.165) is 0 Å². The average molecular weight is 382 g/mol. The van der Waals surface area contributed by atoms with Crippen molar-refractivity contribution in [3.05, 3.63) is 89.8 Å². The normalized spacial score (nSPS) is 21.6. The molecular formula is C26H27N3. The topological polar surface area (TPSA) is 18.8 Å². The summed E-state index contributed by atoms with van der Waals surface area (Å²) in [5.41, 5.74) is 7.57. The van der Waals surface area contributed by atoms with Crippen LogP contribution in [0.3, 0.4) is 0 Å². The molecule has 146 valence electrons. The Morgan fingerprint density at radius 3 is 2.34 bits per heavy atom. The third-order valence-electron chi connectivity index (χ3n) is 6.27. The summed E-state index contributed by atoms with van der Waals surface area (Å²) in [6, 6.07) is 18.6. The van der Waals surface area contributed by atoms with Crippen molar-refractivity contribution < 1.29 is 0 Å². The second-order valence-corrected chi connectivity index (χ2v) is 8.11. The largest absolute Gasteiger partial charge is 0.327 e. The maximum Gasteiger partial charge on any atom is 0.114 e. The predicted molar refractivity (Wildman–Crippen MR) is 121 cm³/mol. The number of piperidine rings is 1. The molecular weight excluding hydrogens is 354 g/mol. The molecule has 0 aliphatic carbocycles. The molecule has 0 aromatic heterocycles. The van der Waals surface area contributed by atoms with Crippen LogP contribution in [0.2, 0.25) is 0 Å². The van der Waals surface area contributed by atoms with Gasteiger partial charge < -0.3 is 4.90 Å². The Morgan fingerprint density at radius 2 is 1.59 bits per heavy atom. The molecule has 0 bridgehead atoms. The minimum absolute atomic E-state index is 0.569. The first-order valence-corrected chi connectivity index (χ1v) is 10.6. The van der Waals surface area contributed by atoms with E-state index in [1.165, 1.54) is 59.3 Å². The number of aliphatic imine (C=N–C) groups is 1. The highest BCUT2D eigenvalue weighted by Gasteiger charge is 2.20. The number of allylic oxidation sites excluding steroid dienone is 4. The summed E-state index contributed by atoms with van der Waals surface area (Å²) >= 11 is 0. The fraction of sp³-hybridized carbons (Fsp3) is 0.269. The number of hydrogen-bond donors (Lipinski definition) is 0. The van der Waals surface area contributed by atoms with Crippen LogP contribution < -0.4 is 0 Å². The highest BCUT2D eigenvalue weighted by molar-refractivity contribution is 6.12. The number of rotatable bonds is 3. The first kappa shape index (κ1) is 18.1. The Morgan fingerprint density at radius 1 is 0.862 bits per heavy atom. The van der Waals surface area contributed by atoms with E-state index in [-0.39, 0.29) is 0 Å². The van der Waals surface area contributed by atoms with Gasteiger partial charge in [0.15, 0.2) is 0 Å². The van der Waals surface area contributed by atoms with E-state index in [1.807, 2.05) is 6.21 Å². The standard InChI is InChI=1S/C26H27N3/c1-28-16-4-2-6-25(28)23-14-10-21(11-15-23)20-8-12-22(13-9-20)24-18-27-19-29-17-5-3-7-26(24)29/h3,5,7-15,17-18,25H,2,4,6,16,19H2,1H3. The molecule has 29 heavy (non-hydrogen) atoms. The van der Waals surface area contributed by atoms with Crippen molar-refractivity contribution in [2.75, 3.05) is 20.3 Å². The van der Waals surface area contributed by atoms with Gasteiger partial charge in [-0.2, -0.15) is 0 Å². The zero-order valence-corrected chi connectivity index (χ0v) is 17.0. The molecule has 3 heterocycles. The minimum Gasteiger partial charge on any atom is -0.327 e. The molecule has 3 aliphatic heterocycles. The molecule has 2 aromatic carbocycles. The molecule has 0 spiro atoms. The Kier molecular flexibility index (Phi) is 4.91. The number of nitrogens with zero attached hydrogens (tertiary/aromatic N) is 3. The first-order valence-electron chi connectivity index (χ1n) is 10.6. The summed E-state index contributed by atoms with van der Waals surface area (Å²) in [6.07, 6.45) is 14.3. The van der Waals surface area contributed by atoms with Crippen molar-refractivity contribution in [2.45, 2.75) is 25.3 Å². The van der Waals surface area contributed by atoms with Crippen molar-refractivity contribution in [2.24, 2.45) is 4.99 Å². The Hall–Kier alpha value is -2.91. The number of hydrogen-bond acceptors (Lipinski definition) is 3. The molecule has 1 unspecified atom stereocenters. The lowest BCUT2D eigenvalue weighted by Crippen LogP contribution is -2.29. The van der Waals surface area contributed by atoms with E-state index in [4.69, 9.17) is 0 Å². The zero-order chi connectivity index (χ0) is 19.6. The van der Waals surface area contributed by atoms with Gasteiger partial charge in [0.25, 0.3) is 0 Å². The molecule has 1 fully saturated rings. The van der Waals surface area contributed by atoms with Crippen LogP contribution in [0.5, 0.6) is 0 Å². The van der Waals surface area contributed by atoms with Gasteiger partial charge in [0.05, 0.1) is 5.70 Å². The van der Waals surface area contributed by atoms with E-state index in [9.17, 15) is 0 Å². The molecule has 0 radical (unpaired) electrons. The van der Waals surface area contributed by atoms with Crippen LogP contribution in [-0.4, -0.2) is 36.3 Å². The number of fused-ring (bicyclic) bond motifs is 1. The summed E-state index contributed by atoms with van der Waals surface area (Å²) in [5.74, 6) is 0. The molecule has 5 rings (SSSR count). The van der Waals surface area contributed by atoms with Crippen molar-refractivity contribution in [1.29, 1.82) is 0 Å². The fourth-order valence-electron chi connectivity index (χ4n) is 4.59. The molecule has 1 atom stereocenters. The van der Waals surface area contributed by atoms with Crippen LogP contribution in [0.1, 0.15) is 36.4 Å². The smallest absolute Gasteiger partial charge is 0.114 e. The lowest BCUT2D eigenvalue weighted by molar-refractivity contribution is 0.187. The van der Waals surface area contributed by atoms with Crippen LogP contribution in [0, 0.1) is 0 Å². The zero-order valence-electron chi connectivity index (χ0n) is 17.0. The van der Waals surface area contributed by atoms with Crippen LogP contribution in [0.4, 0.5) is 0 Å². The molecule has 0 N–H and O–H groups in total. The van der Waals surface area contributed by atoms with Gasteiger partial charge in [0.1, 0.15) is 6.67 Å². The summed E-state index contributed by atoms with van der Waals surface area (Å²) in [7, 11) is 2.25. The van der Waals surface area contributed by atoms with Crippen molar-refractivity contribution in [3.63, 3.8) is 0 Å². The van der Waals surface area contributed by atoms with E-state index < -0.39 is 0 Å². The van der Waals surface area contributed by atoms with E-state index in [1.54, 1.807) is 0 Å². The van der Waals surface area contributed by atoms with Crippen LogP contribution in [-0.2, 0) is 0 Å². The third-order valence-corrected chi connectivity index (χ3v) is 6.27. The first-order chi connectivity index (χ1) is 14.3. The molecule has 3 heteroatoms. The van der Waals surface area contributed by atoms with E-state index >= 15 is 0 Å². The summed E-state index contributed by atoms with van der Waals surface area (Å²) < 4.78 is 0. The van der Waals surface area contributed by atoms with Crippen LogP contribution in [0.25, 0.3) is 16.7 Å². The highest BCUT2D eigenvalue weighted by Crippen LogP contribution is 2.32. The van der Waals surface area contributed by atoms with Gasteiger partial charge >= 0.3 is 0 Å². The lowest BCUT2D eigenvalue weighted by atomic mass is 9.93. The summed E-state index contributed by atoms with van der Waals surface area (Å²) in [4.78, 5) is 9.19. The second-order valence-electron chi connectivity index (χ2n) is 8.11. The Bertz CT molecular complexity index is 993. The minimum atomic E-state index is 0.569. The van der Waals surface area contributed by atoms with Crippen LogP contribution in [0.15, 0.2) is 83.6 Å². The highest BCUT2D eigenvalue weighted by atomic mass is 15.2. The van der Waals surface area contributed by atoms with Gasteiger partial charge in [-0.1, -0.05) is 61.0 Å². The molecule has 0 amide bonds. The van der Waals surface area contributed by atoms with Gasteiger partial charge in [0, 0.05) is 24.0 Å². The van der Waals surface area contributed by atoms with Gasteiger partial charge in [-0.3, -0.25) is 9.89 Å². The van der Waals surface area contributed by atoms with Gasteiger partial charge in [-0.15, -0.1) is 0 Å². The Balaban J connectivity index is 1.38. The second kappa shape index (κ2) is 7.84. The van der Waals surface area contributed by atoms with Gasteiger partial charge in [-0.25, -0.2) is 0 Å². The Labute approximate surface area is 173 Å². The van der Waals surface area contributed by atoms with Crippen molar-refractivity contribution in [1.82, 2.24) is 9.80 Å². The molecule has 2 aromatic rings. The van der Waals surface area contributed by atoms with Crippen molar-refractivity contribution >= 4 is 11.8 Å². The maximum absolute atomic E-state index is 4.51. The van der Waals surface area contributed by atoms with Crippen LogP contribution >= 0.6 is 0 Å². The lowest BCUT2D eigenvalue weighted by Gasteiger charge is -2.32. The molecule has 0 saturated carbocycles. The number of likely N-dealkylation sites (tertiary alicyclic amines) is 1. The summed E-state index contributed by atoms with van der Waals surface area (Å²) in [6.45, 7) is 1.90. The van der Waals surface area contributed by atoms with Crippen molar-refractivity contribution in [3.8, 4) is 11.1 Å². The molecule has 1 saturated heterocycles. The number of benzene rings is 2. The molecule has 3 nitrogen and oxygen atoms in total. The molecule has 3 aliphatic rings. The SMILES string of the molecule is CN1CCCCC1c1ccc(-c2ccc(C3=C4C=CC=CN4CN=C3)cc2)cc1. The van der Waals surface area contributed by atoms with E-state index in [0.29, 0.717) is 12.7 Å². The summed E-state index contributed by atoms with van der Waals surface area (Å²) in [5, 5.41) is 0. The van der Waals surface area contributed by atoms with Gasteiger partial charge in [-0.05, 0) is 60.8 Å². The monoisotopic (exact) mass is 381 g/mol. The third kappa shape index (κ3) is 3.58. The predicted octanol–water partition coefficient (Wildman–Crippen LogP) is 5.65. The maximum atomic E-state index is 4.51. The fourth-order valence-corrected chi connectivity index (χ4v) is 4.59. The quantitative estimate of drug-likeness (QED) is 0.684. The van der Waals surface area contributed by atoms with Gasteiger partial charge in [0.2, 0.25) is 0 Å². The average Bonchev–Trinajstić information content (AvgIpc) is 2.79. The van der Waals surface area contributed by atoms with E-state index in [2.05, 4.69) is 94.8 Å².